The number of furan rings is 1. The van der Waals surface area contributed by atoms with Crippen LogP contribution in [0.5, 0.6) is 0 Å². The van der Waals surface area contributed by atoms with E-state index in [-0.39, 0.29) is 5.97 Å². The molecule has 16 heavy (non-hydrogen) atoms. The summed E-state index contributed by atoms with van der Waals surface area (Å²) < 4.78 is 10.4. The Bertz CT molecular complexity index is 363. The number of methoxy groups -OCH3 is 1. The normalized spacial score (nSPS) is 10.5. The Morgan fingerprint density at radius 2 is 2.00 bits per heavy atom. The first-order valence-electron chi connectivity index (χ1n) is 5.79. The number of hydrogen-bond donors (Lipinski definition) is 0. The lowest BCUT2D eigenvalue weighted by molar-refractivity contribution is 0.0597. The van der Waals surface area contributed by atoms with Crippen molar-refractivity contribution in [3.63, 3.8) is 0 Å². The quantitative estimate of drug-likeness (QED) is 0.568. The molecule has 0 amide bonds. The SMILES string of the molecule is CCCCCc1oc(C)c(C)c1C(=O)OC. The van der Waals surface area contributed by atoms with Crippen LogP contribution in [0.2, 0.25) is 0 Å². The second-order valence-corrected chi connectivity index (χ2v) is 4.03. The van der Waals surface area contributed by atoms with Crippen molar-refractivity contribution in [2.45, 2.75) is 46.5 Å². The van der Waals surface area contributed by atoms with E-state index >= 15 is 0 Å². The number of carbonyl (C=O) groups is 1. The van der Waals surface area contributed by atoms with E-state index < -0.39 is 0 Å². The van der Waals surface area contributed by atoms with Crippen LogP contribution in [0, 0.1) is 13.8 Å². The largest absolute Gasteiger partial charge is 0.465 e. The third-order valence-corrected chi connectivity index (χ3v) is 2.86. The zero-order valence-corrected chi connectivity index (χ0v) is 10.6. The Morgan fingerprint density at radius 3 is 2.56 bits per heavy atom. The second-order valence-electron chi connectivity index (χ2n) is 4.03. The van der Waals surface area contributed by atoms with Gasteiger partial charge in [-0.25, -0.2) is 4.79 Å². The summed E-state index contributed by atoms with van der Waals surface area (Å²) in [4.78, 5) is 11.6. The highest BCUT2D eigenvalue weighted by molar-refractivity contribution is 5.92. The van der Waals surface area contributed by atoms with Gasteiger partial charge in [-0.15, -0.1) is 0 Å². The smallest absolute Gasteiger partial charge is 0.341 e. The molecule has 0 saturated carbocycles. The highest BCUT2D eigenvalue weighted by Crippen LogP contribution is 2.24. The molecule has 1 aromatic rings. The summed E-state index contributed by atoms with van der Waals surface area (Å²) in [6, 6.07) is 0. The number of rotatable bonds is 5. The molecule has 3 heteroatoms. The number of carbonyl (C=O) groups excluding carboxylic acids is 1. The zero-order chi connectivity index (χ0) is 12.1. The Kier molecular flexibility index (Phi) is 4.59. The van der Waals surface area contributed by atoms with Gasteiger partial charge in [0.15, 0.2) is 0 Å². The highest BCUT2D eigenvalue weighted by atomic mass is 16.5. The molecular weight excluding hydrogens is 204 g/mol. The summed E-state index contributed by atoms with van der Waals surface area (Å²) >= 11 is 0. The number of ether oxygens (including phenoxy) is 1. The molecule has 0 atom stereocenters. The molecule has 0 aromatic carbocycles. The van der Waals surface area contributed by atoms with E-state index in [1.807, 2.05) is 13.8 Å². The van der Waals surface area contributed by atoms with E-state index in [4.69, 9.17) is 9.15 Å². The van der Waals surface area contributed by atoms with Crippen LogP contribution in [0.25, 0.3) is 0 Å². The monoisotopic (exact) mass is 224 g/mol. The van der Waals surface area contributed by atoms with Gasteiger partial charge in [-0.1, -0.05) is 19.8 Å². The Balaban J connectivity index is 2.90. The second kappa shape index (κ2) is 5.73. The first-order chi connectivity index (χ1) is 7.61. The summed E-state index contributed by atoms with van der Waals surface area (Å²) in [5.41, 5.74) is 1.52. The van der Waals surface area contributed by atoms with Crippen molar-refractivity contribution in [3.05, 3.63) is 22.6 Å². The van der Waals surface area contributed by atoms with Crippen LogP contribution in [0.15, 0.2) is 4.42 Å². The van der Waals surface area contributed by atoms with Crippen LogP contribution < -0.4 is 0 Å². The van der Waals surface area contributed by atoms with Crippen molar-refractivity contribution < 1.29 is 13.9 Å². The Morgan fingerprint density at radius 1 is 1.31 bits per heavy atom. The summed E-state index contributed by atoms with van der Waals surface area (Å²) in [7, 11) is 1.40. The number of esters is 1. The molecule has 1 rings (SSSR count). The van der Waals surface area contributed by atoms with E-state index in [2.05, 4.69) is 6.92 Å². The summed E-state index contributed by atoms with van der Waals surface area (Å²) in [5.74, 6) is 1.29. The lowest BCUT2D eigenvalue weighted by Gasteiger charge is -2.01. The lowest BCUT2D eigenvalue weighted by atomic mass is 10.1. The molecular formula is C13H20O3. The van der Waals surface area contributed by atoms with Crippen molar-refractivity contribution in [2.24, 2.45) is 0 Å². The van der Waals surface area contributed by atoms with Gasteiger partial charge in [-0.3, -0.25) is 0 Å². The molecule has 0 bridgehead atoms. The first kappa shape index (κ1) is 12.8. The minimum absolute atomic E-state index is 0.291. The van der Waals surface area contributed by atoms with Crippen molar-refractivity contribution in [2.75, 3.05) is 7.11 Å². The molecule has 3 nitrogen and oxygen atoms in total. The van der Waals surface area contributed by atoms with E-state index in [0.29, 0.717) is 5.56 Å². The van der Waals surface area contributed by atoms with Gasteiger partial charge in [0.2, 0.25) is 0 Å². The molecule has 0 aliphatic carbocycles. The van der Waals surface area contributed by atoms with Crippen molar-refractivity contribution >= 4 is 5.97 Å². The minimum Gasteiger partial charge on any atom is -0.465 e. The number of unbranched alkanes of at least 4 members (excludes halogenated alkanes) is 2. The van der Waals surface area contributed by atoms with Crippen LogP contribution in [-0.4, -0.2) is 13.1 Å². The van der Waals surface area contributed by atoms with Crippen LogP contribution >= 0.6 is 0 Å². The fraction of sp³-hybridized carbons (Fsp3) is 0.615. The van der Waals surface area contributed by atoms with Crippen LogP contribution in [0.4, 0.5) is 0 Å². The first-order valence-corrected chi connectivity index (χ1v) is 5.79. The van der Waals surface area contributed by atoms with Crippen LogP contribution in [0.1, 0.15) is 53.6 Å². The van der Waals surface area contributed by atoms with Crippen LogP contribution in [-0.2, 0) is 11.2 Å². The molecule has 0 radical (unpaired) electrons. The number of hydrogen-bond acceptors (Lipinski definition) is 3. The highest BCUT2D eigenvalue weighted by Gasteiger charge is 2.21. The Hall–Kier alpha value is -1.25. The lowest BCUT2D eigenvalue weighted by Crippen LogP contribution is -2.05. The van der Waals surface area contributed by atoms with Gasteiger partial charge < -0.3 is 9.15 Å². The topological polar surface area (TPSA) is 39.4 Å². The average molecular weight is 224 g/mol. The summed E-state index contributed by atoms with van der Waals surface area (Å²) in [5, 5.41) is 0. The maximum atomic E-state index is 11.6. The molecule has 1 aromatic heterocycles. The van der Waals surface area contributed by atoms with E-state index in [1.54, 1.807) is 0 Å². The third-order valence-electron chi connectivity index (χ3n) is 2.86. The average Bonchev–Trinajstić information content (AvgIpc) is 2.55. The molecule has 90 valence electrons. The van der Waals surface area contributed by atoms with Gasteiger partial charge in [0.25, 0.3) is 0 Å². The van der Waals surface area contributed by atoms with E-state index in [1.165, 1.54) is 7.11 Å². The molecule has 0 N–H and O–H groups in total. The van der Waals surface area contributed by atoms with Crippen molar-refractivity contribution in [1.82, 2.24) is 0 Å². The summed E-state index contributed by atoms with van der Waals surface area (Å²) in [6.45, 7) is 5.93. The molecule has 0 aliphatic heterocycles. The Labute approximate surface area is 96.8 Å². The fourth-order valence-electron chi connectivity index (χ4n) is 1.78. The van der Waals surface area contributed by atoms with Crippen molar-refractivity contribution in [3.8, 4) is 0 Å². The maximum Gasteiger partial charge on any atom is 0.341 e. The standard InChI is InChI=1S/C13H20O3/c1-5-6-7-8-11-12(13(14)15-4)9(2)10(3)16-11/h5-8H2,1-4H3. The van der Waals surface area contributed by atoms with Crippen molar-refractivity contribution in [1.29, 1.82) is 0 Å². The maximum absolute atomic E-state index is 11.6. The predicted octanol–water partition coefficient (Wildman–Crippen LogP) is 3.42. The van der Waals surface area contributed by atoms with Gasteiger partial charge in [-0.2, -0.15) is 0 Å². The van der Waals surface area contributed by atoms with Crippen LogP contribution in [0.3, 0.4) is 0 Å². The zero-order valence-electron chi connectivity index (χ0n) is 10.6. The molecule has 0 spiro atoms. The van der Waals surface area contributed by atoms with E-state index in [9.17, 15) is 4.79 Å². The third kappa shape index (κ3) is 2.65. The predicted molar refractivity (Wildman–Crippen MR) is 62.8 cm³/mol. The molecule has 0 aliphatic rings. The van der Waals surface area contributed by atoms with Gasteiger partial charge in [0, 0.05) is 12.0 Å². The van der Waals surface area contributed by atoms with Gasteiger partial charge >= 0.3 is 5.97 Å². The molecule has 1 heterocycles. The molecule has 0 fully saturated rings. The fourth-order valence-corrected chi connectivity index (χ4v) is 1.78. The van der Waals surface area contributed by atoms with E-state index in [0.717, 1.165) is 42.8 Å². The minimum atomic E-state index is -0.291. The number of aryl methyl sites for hydroxylation is 2. The summed E-state index contributed by atoms with van der Waals surface area (Å²) in [6.07, 6.45) is 4.17. The van der Waals surface area contributed by atoms with Gasteiger partial charge in [0.05, 0.1) is 7.11 Å². The molecule has 0 saturated heterocycles. The molecule has 0 unspecified atom stereocenters. The van der Waals surface area contributed by atoms with Gasteiger partial charge in [0.1, 0.15) is 17.1 Å². The van der Waals surface area contributed by atoms with Gasteiger partial charge in [-0.05, 0) is 20.3 Å².